The lowest BCUT2D eigenvalue weighted by atomic mass is 10.0. The number of hydrogen-bond acceptors (Lipinski definition) is 3. The molecule has 0 spiro atoms. The number of benzene rings is 2. The molecular weight excluding hydrogens is 418 g/mol. The topological polar surface area (TPSA) is 60.7 Å². The number of alkyl halides is 6. The molecule has 0 amide bonds. The minimum atomic E-state index is -5.63. The Kier molecular flexibility index (Phi) is 6.77. The zero-order valence-corrected chi connectivity index (χ0v) is 13.0. The van der Waals surface area contributed by atoms with E-state index in [1.54, 1.807) is 0 Å². The number of aliphatic hydroxyl groups excluding tert-OH is 1. The average Bonchev–Trinajstić information content (AvgIpc) is 2.58. The van der Waals surface area contributed by atoms with Crippen LogP contribution in [0.5, 0.6) is 11.5 Å². The second-order valence-electron chi connectivity index (χ2n) is 5.01. The molecule has 3 N–H and O–H groups in total. The van der Waals surface area contributed by atoms with Crippen LogP contribution < -0.4 is 0 Å². The van der Waals surface area contributed by atoms with E-state index in [1.807, 2.05) is 0 Å². The summed E-state index contributed by atoms with van der Waals surface area (Å²) in [6.45, 7) is 0. The summed E-state index contributed by atoms with van der Waals surface area (Å²) in [5.74, 6) is -9.12. The molecule has 0 radical (unpaired) electrons. The highest BCUT2D eigenvalue weighted by Crippen LogP contribution is 2.37. The van der Waals surface area contributed by atoms with Crippen molar-refractivity contribution in [1.29, 1.82) is 0 Å². The molecule has 0 bridgehead atoms. The van der Waals surface area contributed by atoms with E-state index in [-0.39, 0.29) is 11.3 Å². The van der Waals surface area contributed by atoms with Gasteiger partial charge in [-0.25, -0.2) is 13.2 Å². The predicted molar refractivity (Wildman–Crippen MR) is 73.2 cm³/mol. The van der Waals surface area contributed by atoms with Crippen molar-refractivity contribution in [3.05, 3.63) is 47.5 Å². The molecule has 0 aliphatic carbocycles. The SMILES string of the molecule is OC(C(F)(F)F)C(F)(F)F.Oc1ccc(-c2c(O)c(F)c(F)c(F)c2F)cc1. The van der Waals surface area contributed by atoms with Gasteiger partial charge >= 0.3 is 12.4 Å². The van der Waals surface area contributed by atoms with Gasteiger partial charge in [-0.1, -0.05) is 12.1 Å². The summed E-state index contributed by atoms with van der Waals surface area (Å²) in [5, 5.41) is 25.8. The molecule has 3 nitrogen and oxygen atoms in total. The molecule has 0 atom stereocenters. The second kappa shape index (κ2) is 8.12. The molecule has 0 unspecified atom stereocenters. The fourth-order valence-electron chi connectivity index (χ4n) is 1.70. The molecule has 0 heterocycles. The van der Waals surface area contributed by atoms with Crippen LogP contribution in [0.4, 0.5) is 43.9 Å². The first-order valence-electron chi connectivity index (χ1n) is 6.74. The van der Waals surface area contributed by atoms with Gasteiger partial charge in [0.05, 0.1) is 5.56 Å². The van der Waals surface area contributed by atoms with Crippen molar-refractivity contribution in [1.82, 2.24) is 0 Å². The lowest BCUT2D eigenvalue weighted by molar-refractivity contribution is -0.308. The summed E-state index contributed by atoms with van der Waals surface area (Å²) in [5.41, 5.74) is -0.896. The molecule has 0 aromatic heterocycles. The van der Waals surface area contributed by atoms with Crippen LogP contribution in [0.25, 0.3) is 11.1 Å². The summed E-state index contributed by atoms with van der Waals surface area (Å²) >= 11 is 0. The molecule has 0 fully saturated rings. The Morgan fingerprint density at radius 1 is 0.643 bits per heavy atom. The van der Waals surface area contributed by atoms with Crippen LogP contribution in [0.2, 0.25) is 0 Å². The van der Waals surface area contributed by atoms with E-state index in [0.29, 0.717) is 0 Å². The smallest absolute Gasteiger partial charge is 0.423 e. The molecule has 28 heavy (non-hydrogen) atoms. The number of halogens is 10. The number of rotatable bonds is 1. The maximum absolute atomic E-state index is 13.5. The maximum atomic E-state index is 13.5. The maximum Gasteiger partial charge on any atom is 0.423 e. The largest absolute Gasteiger partial charge is 0.508 e. The van der Waals surface area contributed by atoms with Gasteiger partial charge in [0.2, 0.25) is 17.7 Å². The van der Waals surface area contributed by atoms with Gasteiger partial charge in [0, 0.05) is 0 Å². The molecule has 2 aromatic rings. The van der Waals surface area contributed by atoms with Crippen molar-refractivity contribution in [2.45, 2.75) is 18.5 Å². The van der Waals surface area contributed by atoms with Crippen LogP contribution in [-0.2, 0) is 0 Å². The quantitative estimate of drug-likeness (QED) is 0.349. The number of phenols is 2. The van der Waals surface area contributed by atoms with Crippen LogP contribution in [0.15, 0.2) is 24.3 Å². The Hall–Kier alpha value is -2.70. The van der Waals surface area contributed by atoms with E-state index < -0.39 is 53.0 Å². The van der Waals surface area contributed by atoms with Crippen LogP contribution >= 0.6 is 0 Å². The molecular formula is C15H8F10O3. The average molecular weight is 426 g/mol. The van der Waals surface area contributed by atoms with Crippen molar-refractivity contribution in [2.24, 2.45) is 0 Å². The minimum Gasteiger partial charge on any atom is -0.508 e. The van der Waals surface area contributed by atoms with Gasteiger partial charge < -0.3 is 15.3 Å². The summed E-state index contributed by atoms with van der Waals surface area (Å²) in [7, 11) is 0. The summed E-state index contributed by atoms with van der Waals surface area (Å²) in [4.78, 5) is 0. The highest BCUT2D eigenvalue weighted by atomic mass is 19.4. The lowest BCUT2D eigenvalue weighted by Crippen LogP contribution is -2.41. The summed E-state index contributed by atoms with van der Waals surface area (Å²) in [6.07, 6.45) is -15.5. The molecule has 0 saturated carbocycles. The van der Waals surface area contributed by atoms with Crippen LogP contribution in [-0.4, -0.2) is 33.8 Å². The van der Waals surface area contributed by atoms with Crippen LogP contribution in [0.1, 0.15) is 0 Å². The normalized spacial score (nSPS) is 12.0. The zero-order valence-electron chi connectivity index (χ0n) is 13.0. The lowest BCUT2D eigenvalue weighted by Gasteiger charge is -2.16. The van der Waals surface area contributed by atoms with E-state index in [0.717, 1.165) is 24.3 Å². The van der Waals surface area contributed by atoms with Crippen molar-refractivity contribution in [3.63, 3.8) is 0 Å². The van der Waals surface area contributed by atoms with Gasteiger partial charge in [-0.2, -0.15) is 30.7 Å². The fraction of sp³-hybridized carbons (Fsp3) is 0.200. The van der Waals surface area contributed by atoms with Gasteiger partial charge in [-0.15, -0.1) is 0 Å². The first kappa shape index (κ1) is 23.3. The van der Waals surface area contributed by atoms with E-state index in [9.17, 15) is 49.0 Å². The standard InChI is InChI=1S/C12H6F4O2.C3H2F6O/c13-8-7(5-1-3-6(17)4-2-5)12(18)11(16)10(15)9(8)14;4-2(5,6)1(10)3(7,8)9/h1-4,17-18H;1,10H. The number of phenolic OH excluding ortho intramolecular Hbond substituents is 2. The number of aliphatic hydroxyl groups is 1. The Balaban J connectivity index is 0.000000336. The third kappa shape index (κ3) is 5.18. The third-order valence-corrected chi connectivity index (χ3v) is 3.02. The number of aromatic hydroxyl groups is 2. The van der Waals surface area contributed by atoms with E-state index in [1.165, 1.54) is 0 Å². The molecule has 2 rings (SSSR count). The second-order valence-corrected chi connectivity index (χ2v) is 5.01. The van der Waals surface area contributed by atoms with Crippen LogP contribution in [0.3, 0.4) is 0 Å². The van der Waals surface area contributed by atoms with Gasteiger partial charge in [-0.3, -0.25) is 0 Å². The minimum absolute atomic E-state index is 0.0967. The first-order valence-corrected chi connectivity index (χ1v) is 6.74. The van der Waals surface area contributed by atoms with Crippen molar-refractivity contribution in [3.8, 4) is 22.6 Å². The van der Waals surface area contributed by atoms with Gasteiger partial charge in [0.15, 0.2) is 17.4 Å². The Morgan fingerprint density at radius 3 is 1.39 bits per heavy atom. The van der Waals surface area contributed by atoms with E-state index in [2.05, 4.69) is 0 Å². The Morgan fingerprint density at radius 2 is 1.04 bits per heavy atom. The van der Waals surface area contributed by atoms with Crippen molar-refractivity contribution >= 4 is 0 Å². The third-order valence-electron chi connectivity index (χ3n) is 3.02. The summed E-state index contributed by atoms with van der Waals surface area (Å²) in [6, 6.07) is 4.52. The Labute approximate surface area is 149 Å². The van der Waals surface area contributed by atoms with Crippen molar-refractivity contribution in [2.75, 3.05) is 0 Å². The number of hydrogen-bond donors (Lipinski definition) is 3. The van der Waals surface area contributed by atoms with Gasteiger partial charge in [-0.05, 0) is 17.7 Å². The van der Waals surface area contributed by atoms with E-state index in [4.69, 9.17) is 10.2 Å². The van der Waals surface area contributed by atoms with Gasteiger partial charge in [0.25, 0.3) is 0 Å². The van der Waals surface area contributed by atoms with Gasteiger partial charge in [0.1, 0.15) is 5.75 Å². The highest BCUT2D eigenvalue weighted by Gasteiger charge is 2.55. The zero-order chi connectivity index (χ0) is 22.0. The molecule has 0 aliphatic heterocycles. The molecule has 0 aliphatic rings. The molecule has 0 saturated heterocycles. The monoisotopic (exact) mass is 426 g/mol. The molecule has 13 heteroatoms. The highest BCUT2D eigenvalue weighted by molar-refractivity contribution is 5.71. The van der Waals surface area contributed by atoms with E-state index >= 15 is 0 Å². The molecule has 156 valence electrons. The Bertz CT molecular complexity index is 785. The first-order chi connectivity index (χ1) is 12.6. The molecule has 2 aromatic carbocycles. The van der Waals surface area contributed by atoms with Crippen molar-refractivity contribution < 1.29 is 59.2 Å². The fourth-order valence-corrected chi connectivity index (χ4v) is 1.70. The van der Waals surface area contributed by atoms with Crippen LogP contribution in [0, 0.1) is 23.3 Å². The predicted octanol–water partition coefficient (Wildman–Crippen LogP) is 4.79. The summed E-state index contributed by atoms with van der Waals surface area (Å²) < 4.78 is 118.